The van der Waals surface area contributed by atoms with Gasteiger partial charge in [0, 0.05) is 10.8 Å². The van der Waals surface area contributed by atoms with Gasteiger partial charge in [0.2, 0.25) is 5.91 Å². The van der Waals surface area contributed by atoms with Crippen LogP contribution in [-0.2, 0) is 11.3 Å². The highest BCUT2D eigenvalue weighted by Crippen LogP contribution is 2.24. The van der Waals surface area contributed by atoms with Gasteiger partial charge in [-0.25, -0.2) is 0 Å². The Bertz CT molecular complexity index is 329. The summed E-state index contributed by atoms with van der Waals surface area (Å²) in [4.78, 5) is 13.0. The molecule has 2 rings (SSSR count). The highest BCUT2D eigenvalue weighted by Gasteiger charge is 2.24. The Morgan fingerprint density at radius 3 is 2.81 bits per heavy atom. The lowest BCUT2D eigenvalue weighted by Crippen LogP contribution is -2.33. The fourth-order valence-corrected chi connectivity index (χ4v) is 2.71. The molecule has 1 aromatic rings. The van der Waals surface area contributed by atoms with Crippen LogP contribution in [0.3, 0.4) is 0 Å². The SMILES string of the molecule is O=C(NCc1cccs1)C1CCC(O)CC1. The van der Waals surface area contributed by atoms with Crippen molar-refractivity contribution in [3.05, 3.63) is 22.4 Å². The highest BCUT2D eigenvalue weighted by molar-refractivity contribution is 7.09. The summed E-state index contributed by atoms with van der Waals surface area (Å²) in [6, 6.07) is 4.01. The topological polar surface area (TPSA) is 49.3 Å². The number of carbonyl (C=O) groups excluding carboxylic acids is 1. The number of aliphatic hydroxyl groups excluding tert-OH is 1. The van der Waals surface area contributed by atoms with E-state index in [-0.39, 0.29) is 17.9 Å². The predicted molar refractivity (Wildman–Crippen MR) is 64.1 cm³/mol. The van der Waals surface area contributed by atoms with E-state index in [9.17, 15) is 9.90 Å². The number of hydrogen-bond acceptors (Lipinski definition) is 3. The minimum absolute atomic E-state index is 0.100. The molecule has 1 heterocycles. The number of aliphatic hydroxyl groups is 1. The average Bonchev–Trinajstić information content (AvgIpc) is 2.80. The van der Waals surface area contributed by atoms with Gasteiger partial charge in [-0.3, -0.25) is 4.79 Å². The zero-order valence-corrected chi connectivity index (χ0v) is 10.0. The van der Waals surface area contributed by atoms with Crippen molar-refractivity contribution in [2.75, 3.05) is 0 Å². The van der Waals surface area contributed by atoms with Gasteiger partial charge in [0.1, 0.15) is 0 Å². The van der Waals surface area contributed by atoms with Crippen LogP contribution in [0, 0.1) is 5.92 Å². The van der Waals surface area contributed by atoms with E-state index in [0.29, 0.717) is 6.54 Å². The van der Waals surface area contributed by atoms with Gasteiger partial charge in [-0.1, -0.05) is 6.07 Å². The molecule has 1 saturated carbocycles. The second-order valence-electron chi connectivity index (χ2n) is 4.30. The molecule has 0 bridgehead atoms. The van der Waals surface area contributed by atoms with Gasteiger partial charge in [-0.15, -0.1) is 11.3 Å². The number of thiophene rings is 1. The fraction of sp³-hybridized carbons (Fsp3) is 0.583. The van der Waals surface area contributed by atoms with Gasteiger partial charge < -0.3 is 10.4 Å². The summed E-state index contributed by atoms with van der Waals surface area (Å²) in [5.74, 6) is 0.240. The molecular weight excluding hydrogens is 222 g/mol. The van der Waals surface area contributed by atoms with Crippen molar-refractivity contribution in [3.8, 4) is 0 Å². The summed E-state index contributed by atoms with van der Waals surface area (Å²) in [5, 5.41) is 14.3. The van der Waals surface area contributed by atoms with Crippen LogP contribution in [0.4, 0.5) is 0 Å². The van der Waals surface area contributed by atoms with Crippen molar-refractivity contribution < 1.29 is 9.90 Å². The molecule has 0 unspecified atom stereocenters. The van der Waals surface area contributed by atoms with Gasteiger partial charge >= 0.3 is 0 Å². The van der Waals surface area contributed by atoms with Crippen LogP contribution in [0.5, 0.6) is 0 Å². The molecule has 3 nitrogen and oxygen atoms in total. The standard InChI is InChI=1S/C12H17NO2S/c14-10-5-3-9(4-6-10)12(15)13-8-11-2-1-7-16-11/h1-2,7,9-10,14H,3-6,8H2,(H,13,15). The average molecular weight is 239 g/mol. The van der Waals surface area contributed by atoms with E-state index in [1.165, 1.54) is 4.88 Å². The first-order valence-corrected chi connectivity index (χ1v) is 6.62. The third-order valence-corrected chi connectivity index (χ3v) is 3.96. The molecule has 1 aliphatic carbocycles. The van der Waals surface area contributed by atoms with Crippen molar-refractivity contribution in [2.24, 2.45) is 5.92 Å². The van der Waals surface area contributed by atoms with Gasteiger partial charge in [0.15, 0.2) is 0 Å². The van der Waals surface area contributed by atoms with E-state index in [2.05, 4.69) is 5.32 Å². The van der Waals surface area contributed by atoms with Crippen molar-refractivity contribution in [3.63, 3.8) is 0 Å². The zero-order valence-electron chi connectivity index (χ0n) is 9.19. The molecule has 16 heavy (non-hydrogen) atoms. The first-order chi connectivity index (χ1) is 7.75. The summed E-state index contributed by atoms with van der Waals surface area (Å²) in [6.07, 6.45) is 2.96. The first kappa shape index (κ1) is 11.6. The molecule has 0 saturated heterocycles. The molecule has 1 aromatic heterocycles. The lowest BCUT2D eigenvalue weighted by molar-refractivity contribution is -0.126. The van der Waals surface area contributed by atoms with Gasteiger partial charge in [0.05, 0.1) is 12.6 Å². The summed E-state index contributed by atoms with van der Waals surface area (Å²) in [7, 11) is 0. The fourth-order valence-electron chi connectivity index (χ4n) is 2.07. The monoisotopic (exact) mass is 239 g/mol. The van der Waals surface area contributed by atoms with Crippen LogP contribution >= 0.6 is 11.3 Å². The predicted octanol–water partition coefficient (Wildman–Crippen LogP) is 1.92. The van der Waals surface area contributed by atoms with Crippen LogP contribution in [0.2, 0.25) is 0 Å². The maximum Gasteiger partial charge on any atom is 0.223 e. The molecule has 0 aliphatic heterocycles. The van der Waals surface area contributed by atoms with E-state index in [1.807, 2.05) is 17.5 Å². The second kappa shape index (κ2) is 5.46. The first-order valence-electron chi connectivity index (χ1n) is 5.74. The van der Waals surface area contributed by atoms with Crippen molar-refractivity contribution in [1.82, 2.24) is 5.32 Å². The summed E-state index contributed by atoms with van der Waals surface area (Å²) in [5.41, 5.74) is 0. The summed E-state index contributed by atoms with van der Waals surface area (Å²) in [6.45, 7) is 0.634. The number of carbonyl (C=O) groups is 1. The Morgan fingerprint density at radius 2 is 2.19 bits per heavy atom. The molecule has 4 heteroatoms. The Morgan fingerprint density at radius 1 is 1.44 bits per heavy atom. The van der Waals surface area contributed by atoms with Crippen LogP contribution in [0.15, 0.2) is 17.5 Å². The normalized spacial score (nSPS) is 25.3. The maximum absolute atomic E-state index is 11.8. The van der Waals surface area contributed by atoms with Crippen LogP contribution in [0.25, 0.3) is 0 Å². The van der Waals surface area contributed by atoms with E-state index in [4.69, 9.17) is 0 Å². The number of nitrogens with one attached hydrogen (secondary N) is 1. The second-order valence-corrected chi connectivity index (χ2v) is 5.33. The van der Waals surface area contributed by atoms with Gasteiger partial charge in [-0.05, 0) is 37.1 Å². The Labute approximate surface area is 99.5 Å². The van der Waals surface area contributed by atoms with Crippen molar-refractivity contribution in [1.29, 1.82) is 0 Å². The molecule has 1 fully saturated rings. The minimum atomic E-state index is -0.193. The lowest BCUT2D eigenvalue weighted by atomic mass is 9.87. The van der Waals surface area contributed by atoms with E-state index in [1.54, 1.807) is 11.3 Å². The molecule has 1 aliphatic rings. The largest absolute Gasteiger partial charge is 0.393 e. The third-order valence-electron chi connectivity index (χ3n) is 3.08. The van der Waals surface area contributed by atoms with E-state index >= 15 is 0 Å². The zero-order chi connectivity index (χ0) is 11.4. The molecule has 0 spiro atoms. The summed E-state index contributed by atoms with van der Waals surface area (Å²) < 4.78 is 0. The molecule has 0 radical (unpaired) electrons. The number of amides is 1. The maximum atomic E-state index is 11.8. The number of rotatable bonds is 3. The molecule has 88 valence electrons. The van der Waals surface area contributed by atoms with E-state index in [0.717, 1.165) is 25.7 Å². The van der Waals surface area contributed by atoms with Crippen molar-refractivity contribution in [2.45, 2.75) is 38.3 Å². The molecule has 1 amide bonds. The highest BCUT2D eigenvalue weighted by atomic mass is 32.1. The minimum Gasteiger partial charge on any atom is -0.393 e. The molecule has 0 atom stereocenters. The molecule has 0 aromatic carbocycles. The van der Waals surface area contributed by atoms with E-state index < -0.39 is 0 Å². The molecule has 2 N–H and O–H groups in total. The Kier molecular flexibility index (Phi) is 3.96. The number of hydrogen-bond donors (Lipinski definition) is 2. The smallest absolute Gasteiger partial charge is 0.223 e. The van der Waals surface area contributed by atoms with Gasteiger partial charge in [-0.2, -0.15) is 0 Å². The third kappa shape index (κ3) is 3.06. The lowest BCUT2D eigenvalue weighted by Gasteiger charge is -2.24. The Hall–Kier alpha value is -0.870. The van der Waals surface area contributed by atoms with Gasteiger partial charge in [0.25, 0.3) is 0 Å². The molecular formula is C12H17NO2S. The van der Waals surface area contributed by atoms with Crippen LogP contribution in [-0.4, -0.2) is 17.1 Å². The van der Waals surface area contributed by atoms with Crippen molar-refractivity contribution >= 4 is 17.2 Å². The Balaban J connectivity index is 1.75. The van der Waals surface area contributed by atoms with Crippen LogP contribution in [0.1, 0.15) is 30.6 Å². The summed E-state index contributed by atoms with van der Waals surface area (Å²) >= 11 is 1.66. The van der Waals surface area contributed by atoms with Crippen LogP contribution < -0.4 is 5.32 Å². The quantitative estimate of drug-likeness (QED) is 0.846.